The zero-order valence-electron chi connectivity index (χ0n) is 13.9. The van der Waals surface area contributed by atoms with Crippen molar-refractivity contribution in [2.45, 2.75) is 13.2 Å². The first-order valence-electron chi connectivity index (χ1n) is 8.03. The van der Waals surface area contributed by atoms with Crippen LogP contribution in [0, 0.1) is 5.82 Å². The number of carbonyl (C=O) groups is 1. The smallest absolute Gasteiger partial charge is 0.339 e. The second-order valence-electron chi connectivity index (χ2n) is 5.65. The Morgan fingerprint density at radius 1 is 0.846 bits per heavy atom. The molecule has 5 heteroatoms. The third-order valence-electron chi connectivity index (χ3n) is 3.74. The third kappa shape index (κ3) is 4.60. The minimum absolute atomic E-state index is 0.0649. The van der Waals surface area contributed by atoms with Crippen LogP contribution in [0.2, 0.25) is 0 Å². The van der Waals surface area contributed by atoms with Gasteiger partial charge in [-0.2, -0.15) is 0 Å². The van der Waals surface area contributed by atoms with Crippen molar-refractivity contribution in [1.82, 2.24) is 0 Å². The molecule has 0 aromatic heterocycles. The Hall–Kier alpha value is -3.34. The summed E-state index contributed by atoms with van der Waals surface area (Å²) < 4.78 is 24.3. The van der Waals surface area contributed by atoms with Crippen molar-refractivity contribution in [2.75, 3.05) is 0 Å². The Kier molecular flexibility index (Phi) is 5.49. The number of hydrogen-bond acceptors (Lipinski definition) is 3. The van der Waals surface area contributed by atoms with E-state index in [-0.39, 0.29) is 30.3 Å². The molecule has 0 bridgehead atoms. The van der Waals surface area contributed by atoms with Crippen LogP contribution in [0.15, 0.2) is 72.8 Å². The third-order valence-corrected chi connectivity index (χ3v) is 3.74. The second-order valence-corrected chi connectivity index (χ2v) is 5.65. The molecule has 4 nitrogen and oxygen atoms in total. The number of carboxylic acids is 1. The Morgan fingerprint density at radius 3 is 2.19 bits per heavy atom. The van der Waals surface area contributed by atoms with Crippen molar-refractivity contribution >= 4 is 5.97 Å². The van der Waals surface area contributed by atoms with Crippen LogP contribution in [0.5, 0.6) is 11.5 Å². The van der Waals surface area contributed by atoms with Gasteiger partial charge in [0.1, 0.15) is 36.1 Å². The van der Waals surface area contributed by atoms with Crippen molar-refractivity contribution in [1.29, 1.82) is 0 Å². The van der Waals surface area contributed by atoms with Gasteiger partial charge in [0.05, 0.1) is 0 Å². The zero-order chi connectivity index (χ0) is 18.4. The van der Waals surface area contributed by atoms with Gasteiger partial charge in [0.2, 0.25) is 0 Å². The first-order valence-corrected chi connectivity index (χ1v) is 8.03. The topological polar surface area (TPSA) is 55.8 Å². The summed E-state index contributed by atoms with van der Waals surface area (Å²) in [4.78, 5) is 11.4. The van der Waals surface area contributed by atoms with Gasteiger partial charge < -0.3 is 14.6 Å². The van der Waals surface area contributed by atoms with Gasteiger partial charge >= 0.3 is 5.97 Å². The number of benzene rings is 3. The van der Waals surface area contributed by atoms with E-state index < -0.39 is 5.97 Å². The minimum atomic E-state index is -1.07. The molecule has 3 aromatic carbocycles. The predicted molar refractivity (Wildman–Crippen MR) is 94.9 cm³/mol. The van der Waals surface area contributed by atoms with E-state index in [0.29, 0.717) is 5.75 Å². The highest BCUT2D eigenvalue weighted by Gasteiger charge is 2.13. The van der Waals surface area contributed by atoms with Gasteiger partial charge in [-0.3, -0.25) is 0 Å². The molecule has 0 aliphatic rings. The summed E-state index contributed by atoms with van der Waals surface area (Å²) in [6.07, 6.45) is 0. The van der Waals surface area contributed by atoms with E-state index in [9.17, 15) is 14.3 Å². The predicted octanol–water partition coefficient (Wildman–Crippen LogP) is 4.68. The van der Waals surface area contributed by atoms with Crippen molar-refractivity contribution < 1.29 is 23.8 Å². The fraction of sp³-hybridized carbons (Fsp3) is 0.0952. The number of ether oxygens (including phenoxy) is 2. The minimum Gasteiger partial charge on any atom is -0.489 e. The first kappa shape index (κ1) is 17.5. The number of halogens is 1. The fourth-order valence-electron chi connectivity index (χ4n) is 2.37. The van der Waals surface area contributed by atoms with E-state index in [1.807, 2.05) is 30.3 Å². The molecule has 0 amide bonds. The summed E-state index contributed by atoms with van der Waals surface area (Å²) in [6.45, 7) is 0.493. The van der Waals surface area contributed by atoms with Gasteiger partial charge in [-0.15, -0.1) is 0 Å². The van der Waals surface area contributed by atoms with E-state index >= 15 is 0 Å². The van der Waals surface area contributed by atoms with Gasteiger partial charge in [-0.25, -0.2) is 9.18 Å². The lowest BCUT2D eigenvalue weighted by Gasteiger charge is -2.12. The van der Waals surface area contributed by atoms with Crippen LogP contribution in [0.25, 0.3) is 0 Å². The highest BCUT2D eigenvalue weighted by atomic mass is 19.1. The maximum Gasteiger partial charge on any atom is 0.339 e. The molecule has 0 saturated heterocycles. The highest BCUT2D eigenvalue weighted by molar-refractivity contribution is 5.91. The Bertz CT molecular complexity index is 876. The van der Waals surface area contributed by atoms with Crippen LogP contribution in [0.4, 0.5) is 4.39 Å². The van der Waals surface area contributed by atoms with E-state index in [1.54, 1.807) is 24.3 Å². The van der Waals surface area contributed by atoms with Crippen molar-refractivity contribution in [3.05, 3.63) is 95.3 Å². The molecule has 0 aliphatic heterocycles. The summed E-state index contributed by atoms with van der Waals surface area (Å²) >= 11 is 0. The Morgan fingerprint density at radius 2 is 1.50 bits per heavy atom. The van der Waals surface area contributed by atoms with Gasteiger partial charge in [0.15, 0.2) is 0 Å². The molecular formula is C21H17FO4. The van der Waals surface area contributed by atoms with Crippen LogP contribution in [0.1, 0.15) is 21.5 Å². The average molecular weight is 352 g/mol. The summed E-state index contributed by atoms with van der Waals surface area (Å²) in [5.41, 5.74) is 1.80. The standard InChI is InChI=1S/C21H17FO4/c22-17-8-6-16(7-9-17)13-25-18-10-11-19(21(23)24)20(12-18)26-14-15-4-2-1-3-5-15/h1-12H,13-14H2,(H,23,24). The van der Waals surface area contributed by atoms with Crippen LogP contribution in [0.3, 0.4) is 0 Å². The molecule has 132 valence electrons. The normalized spacial score (nSPS) is 10.3. The Balaban J connectivity index is 1.72. The van der Waals surface area contributed by atoms with Gasteiger partial charge in [-0.1, -0.05) is 42.5 Å². The molecule has 0 aliphatic carbocycles. The summed E-state index contributed by atoms with van der Waals surface area (Å²) in [5.74, 6) is -0.672. The molecule has 0 fully saturated rings. The lowest BCUT2D eigenvalue weighted by atomic mass is 10.2. The monoisotopic (exact) mass is 352 g/mol. The number of carboxylic acid groups (broad SMARTS) is 1. The van der Waals surface area contributed by atoms with Gasteiger partial charge in [-0.05, 0) is 35.4 Å². The van der Waals surface area contributed by atoms with Crippen molar-refractivity contribution in [3.63, 3.8) is 0 Å². The molecule has 0 radical (unpaired) electrons. The quantitative estimate of drug-likeness (QED) is 0.671. The van der Waals surface area contributed by atoms with Crippen molar-refractivity contribution in [2.24, 2.45) is 0 Å². The molecule has 3 rings (SSSR count). The molecule has 0 spiro atoms. The van der Waals surface area contributed by atoms with Gasteiger partial charge in [0.25, 0.3) is 0 Å². The molecular weight excluding hydrogens is 335 g/mol. The lowest BCUT2D eigenvalue weighted by Crippen LogP contribution is -2.04. The molecule has 0 atom stereocenters. The maximum atomic E-state index is 12.9. The molecule has 1 N–H and O–H groups in total. The van der Waals surface area contributed by atoms with E-state index in [2.05, 4.69) is 0 Å². The molecule has 0 heterocycles. The molecule has 0 saturated carbocycles. The van der Waals surface area contributed by atoms with Crippen LogP contribution < -0.4 is 9.47 Å². The number of aromatic carboxylic acids is 1. The number of hydrogen-bond donors (Lipinski definition) is 1. The fourth-order valence-corrected chi connectivity index (χ4v) is 2.37. The average Bonchev–Trinajstić information content (AvgIpc) is 2.66. The molecule has 26 heavy (non-hydrogen) atoms. The summed E-state index contributed by atoms with van der Waals surface area (Å²) in [5, 5.41) is 9.33. The van der Waals surface area contributed by atoms with Crippen LogP contribution >= 0.6 is 0 Å². The second kappa shape index (κ2) is 8.16. The van der Waals surface area contributed by atoms with Crippen LogP contribution in [-0.4, -0.2) is 11.1 Å². The highest BCUT2D eigenvalue weighted by Crippen LogP contribution is 2.26. The van der Waals surface area contributed by atoms with Gasteiger partial charge in [0, 0.05) is 6.07 Å². The van der Waals surface area contributed by atoms with E-state index in [1.165, 1.54) is 18.2 Å². The van der Waals surface area contributed by atoms with Crippen LogP contribution in [-0.2, 0) is 13.2 Å². The van der Waals surface area contributed by atoms with Crippen molar-refractivity contribution in [3.8, 4) is 11.5 Å². The largest absolute Gasteiger partial charge is 0.489 e. The van der Waals surface area contributed by atoms with E-state index in [0.717, 1.165) is 11.1 Å². The first-order chi connectivity index (χ1) is 12.6. The summed E-state index contributed by atoms with van der Waals surface area (Å²) in [7, 11) is 0. The van der Waals surface area contributed by atoms with E-state index in [4.69, 9.17) is 9.47 Å². The molecule has 3 aromatic rings. The number of rotatable bonds is 7. The zero-order valence-corrected chi connectivity index (χ0v) is 13.9. The summed E-state index contributed by atoms with van der Waals surface area (Å²) in [6, 6.07) is 20.0. The molecule has 0 unspecified atom stereocenters. The lowest BCUT2D eigenvalue weighted by molar-refractivity contribution is 0.0691. The maximum absolute atomic E-state index is 12.9. The Labute approximate surface area is 150 Å². The SMILES string of the molecule is O=C(O)c1ccc(OCc2ccc(F)cc2)cc1OCc1ccccc1.